The largest absolute Gasteiger partial charge is 0.478 e. The van der Waals surface area contributed by atoms with E-state index in [0.29, 0.717) is 17.7 Å². The Labute approximate surface area is 145 Å². The molecule has 1 N–H and O–H groups in total. The molecule has 0 saturated carbocycles. The van der Waals surface area contributed by atoms with Crippen molar-refractivity contribution in [3.8, 4) is 0 Å². The molecular formula is C19H20O4S. The van der Waals surface area contributed by atoms with E-state index < -0.39 is 5.97 Å². The minimum Gasteiger partial charge on any atom is -0.478 e. The van der Waals surface area contributed by atoms with Crippen LogP contribution in [-0.4, -0.2) is 29.4 Å². The van der Waals surface area contributed by atoms with Gasteiger partial charge in [-0.2, -0.15) is 0 Å². The number of ether oxygens (including phenoxy) is 1. The van der Waals surface area contributed by atoms with Crippen molar-refractivity contribution in [1.82, 2.24) is 0 Å². The number of aromatic carboxylic acids is 1. The zero-order chi connectivity index (χ0) is 17.5. The van der Waals surface area contributed by atoms with Gasteiger partial charge in [-0.3, -0.25) is 4.79 Å². The van der Waals surface area contributed by atoms with Crippen molar-refractivity contribution in [1.29, 1.82) is 0 Å². The molecule has 0 aliphatic heterocycles. The highest BCUT2D eigenvalue weighted by Gasteiger charge is 2.21. The van der Waals surface area contributed by atoms with Crippen molar-refractivity contribution in [3.05, 3.63) is 70.8 Å². The van der Waals surface area contributed by atoms with Crippen molar-refractivity contribution in [2.24, 2.45) is 0 Å². The maximum absolute atomic E-state index is 12.1. The summed E-state index contributed by atoms with van der Waals surface area (Å²) in [7, 11) is 1.37. The Morgan fingerprint density at radius 3 is 2.42 bits per heavy atom. The number of carbonyl (C=O) groups is 2. The van der Waals surface area contributed by atoms with E-state index in [1.54, 1.807) is 24.3 Å². The summed E-state index contributed by atoms with van der Waals surface area (Å²) in [6.07, 6.45) is 0.548. The highest BCUT2D eigenvalue weighted by atomic mass is 32.2. The molecule has 2 aromatic rings. The molecule has 2 rings (SSSR count). The molecule has 4 nitrogen and oxygen atoms in total. The second-order valence-corrected chi connectivity index (χ2v) is 6.67. The molecule has 0 aliphatic carbocycles. The Bertz CT molecular complexity index is 710. The third-order valence-electron chi connectivity index (χ3n) is 3.69. The quantitative estimate of drug-likeness (QED) is 0.776. The first-order valence-corrected chi connectivity index (χ1v) is 8.62. The first-order valence-electron chi connectivity index (χ1n) is 7.57. The van der Waals surface area contributed by atoms with E-state index in [-0.39, 0.29) is 16.8 Å². The number of hydrogen-bond donors (Lipinski definition) is 1. The third-order valence-corrected chi connectivity index (χ3v) is 4.93. The number of hydrogen-bond acceptors (Lipinski definition) is 4. The van der Waals surface area contributed by atoms with Crippen LogP contribution in [0.25, 0.3) is 0 Å². The van der Waals surface area contributed by atoms with Crippen LogP contribution in [0.2, 0.25) is 0 Å². The molecule has 0 spiro atoms. The third kappa shape index (κ3) is 4.86. The molecule has 0 saturated heterocycles. The van der Waals surface area contributed by atoms with Crippen LogP contribution in [0.15, 0.2) is 48.5 Å². The van der Waals surface area contributed by atoms with Gasteiger partial charge in [-0.15, -0.1) is 11.8 Å². The molecule has 0 amide bonds. The summed E-state index contributed by atoms with van der Waals surface area (Å²) in [5.74, 6) is -0.818. The van der Waals surface area contributed by atoms with E-state index in [2.05, 4.69) is 0 Å². The van der Waals surface area contributed by atoms with E-state index in [9.17, 15) is 14.7 Å². The molecule has 0 fully saturated rings. The normalized spacial score (nSPS) is 11.8. The highest BCUT2D eigenvalue weighted by Crippen LogP contribution is 2.24. The van der Waals surface area contributed by atoms with Crippen molar-refractivity contribution >= 4 is 23.7 Å². The Morgan fingerprint density at radius 1 is 1.12 bits per heavy atom. The lowest BCUT2D eigenvalue weighted by Gasteiger charge is -2.15. The molecule has 2 aromatic carbocycles. The molecule has 0 aliphatic rings. The van der Waals surface area contributed by atoms with E-state index in [4.69, 9.17) is 4.74 Å². The van der Waals surface area contributed by atoms with Crippen molar-refractivity contribution in [2.45, 2.75) is 24.3 Å². The summed E-state index contributed by atoms with van der Waals surface area (Å²) in [6.45, 7) is 2.01. The summed E-state index contributed by atoms with van der Waals surface area (Å²) in [5.41, 5.74) is 3.18. The van der Waals surface area contributed by atoms with E-state index in [1.165, 1.54) is 18.9 Å². The predicted molar refractivity (Wildman–Crippen MR) is 95.4 cm³/mol. The zero-order valence-corrected chi connectivity index (χ0v) is 14.5. The van der Waals surface area contributed by atoms with Gasteiger partial charge in [0, 0.05) is 5.75 Å². The molecule has 1 atom stereocenters. The molecule has 0 aromatic heterocycles. The fourth-order valence-corrected chi connectivity index (χ4v) is 3.50. The fraction of sp³-hybridized carbons (Fsp3) is 0.263. The summed E-state index contributed by atoms with van der Waals surface area (Å²) < 4.78 is 4.90. The first-order chi connectivity index (χ1) is 11.5. The first kappa shape index (κ1) is 18.1. The summed E-state index contributed by atoms with van der Waals surface area (Å²) in [5, 5.41) is 8.87. The fourth-order valence-electron chi connectivity index (χ4n) is 2.33. The van der Waals surface area contributed by atoms with Gasteiger partial charge in [-0.05, 0) is 30.5 Å². The van der Waals surface area contributed by atoms with Crippen molar-refractivity contribution < 1.29 is 19.4 Å². The van der Waals surface area contributed by atoms with Gasteiger partial charge >= 0.3 is 11.9 Å². The van der Waals surface area contributed by atoms with Gasteiger partial charge in [0.25, 0.3) is 0 Å². The predicted octanol–water partition coefficient (Wildman–Crippen LogP) is 3.71. The lowest BCUT2D eigenvalue weighted by molar-refractivity contribution is -0.139. The molecule has 0 radical (unpaired) electrons. The van der Waals surface area contributed by atoms with E-state index >= 15 is 0 Å². The van der Waals surface area contributed by atoms with Crippen LogP contribution in [-0.2, 0) is 21.7 Å². The SMILES string of the molecule is COC(=O)C(Cc1ccc(C)cc1)SCc1ccccc1C(=O)O. The number of thioether (sulfide) groups is 1. The van der Waals surface area contributed by atoms with Crippen molar-refractivity contribution in [3.63, 3.8) is 0 Å². The lowest BCUT2D eigenvalue weighted by atomic mass is 10.1. The van der Waals surface area contributed by atoms with Gasteiger partial charge < -0.3 is 9.84 Å². The number of benzene rings is 2. The number of aryl methyl sites for hydroxylation is 1. The smallest absolute Gasteiger partial charge is 0.335 e. The molecule has 0 bridgehead atoms. The van der Waals surface area contributed by atoms with Crippen LogP contribution in [0.5, 0.6) is 0 Å². The average molecular weight is 344 g/mol. The zero-order valence-electron chi connectivity index (χ0n) is 13.7. The van der Waals surface area contributed by atoms with Gasteiger partial charge in [-0.1, -0.05) is 48.0 Å². The molecule has 5 heteroatoms. The van der Waals surface area contributed by atoms with Gasteiger partial charge in [0.1, 0.15) is 5.25 Å². The van der Waals surface area contributed by atoms with E-state index in [0.717, 1.165) is 11.1 Å². The Balaban J connectivity index is 2.11. The van der Waals surface area contributed by atoms with Gasteiger partial charge in [0.15, 0.2) is 0 Å². The van der Waals surface area contributed by atoms with Crippen LogP contribution in [0.3, 0.4) is 0 Å². The maximum Gasteiger partial charge on any atom is 0.335 e. The summed E-state index contributed by atoms with van der Waals surface area (Å²) in [4.78, 5) is 23.3. The number of carbonyl (C=O) groups excluding carboxylic acids is 1. The van der Waals surface area contributed by atoms with Crippen LogP contribution in [0.1, 0.15) is 27.0 Å². The van der Waals surface area contributed by atoms with Crippen molar-refractivity contribution in [2.75, 3.05) is 7.11 Å². The van der Waals surface area contributed by atoms with Gasteiger partial charge in [0.2, 0.25) is 0 Å². The molecular weight excluding hydrogens is 324 g/mol. The van der Waals surface area contributed by atoms with Crippen LogP contribution in [0, 0.1) is 6.92 Å². The summed E-state index contributed by atoms with van der Waals surface area (Å²) >= 11 is 1.40. The second kappa shape index (κ2) is 8.55. The summed E-state index contributed by atoms with van der Waals surface area (Å²) in [6, 6.07) is 14.9. The molecule has 1 unspecified atom stereocenters. The number of methoxy groups -OCH3 is 1. The second-order valence-electron chi connectivity index (χ2n) is 5.47. The monoisotopic (exact) mass is 344 g/mol. The molecule has 24 heavy (non-hydrogen) atoms. The number of carboxylic acid groups (broad SMARTS) is 1. The number of carboxylic acids is 1. The standard InChI is InChI=1S/C19H20O4S/c1-13-7-9-14(10-8-13)11-17(19(22)23-2)24-12-15-5-3-4-6-16(15)18(20)21/h3-10,17H,11-12H2,1-2H3,(H,20,21). The van der Waals surface area contributed by atoms with Crippen LogP contribution < -0.4 is 0 Å². The topological polar surface area (TPSA) is 63.6 Å². The van der Waals surface area contributed by atoms with E-state index in [1.807, 2.05) is 31.2 Å². The van der Waals surface area contributed by atoms with Gasteiger partial charge in [0.05, 0.1) is 12.7 Å². The maximum atomic E-state index is 12.1. The Morgan fingerprint density at radius 2 is 1.79 bits per heavy atom. The number of rotatable bonds is 7. The Kier molecular flexibility index (Phi) is 6.44. The number of esters is 1. The Hall–Kier alpha value is -2.27. The molecule has 0 heterocycles. The van der Waals surface area contributed by atoms with Gasteiger partial charge in [-0.25, -0.2) is 4.79 Å². The molecule has 126 valence electrons. The van der Waals surface area contributed by atoms with Crippen LogP contribution in [0.4, 0.5) is 0 Å². The average Bonchev–Trinajstić information content (AvgIpc) is 2.59. The highest BCUT2D eigenvalue weighted by molar-refractivity contribution is 7.99. The van der Waals surface area contributed by atoms with Crippen LogP contribution >= 0.6 is 11.8 Å². The minimum atomic E-state index is -0.959. The lowest BCUT2D eigenvalue weighted by Crippen LogP contribution is -2.22. The minimum absolute atomic E-state index is 0.268.